The molecule has 1 aromatic heterocycles. The average molecular weight is 303 g/mol. The topological polar surface area (TPSA) is 35.2 Å². The van der Waals surface area contributed by atoms with Gasteiger partial charge < -0.3 is 10.5 Å². The molecule has 0 aliphatic carbocycles. The maximum absolute atomic E-state index is 6.11. The lowest BCUT2D eigenvalue weighted by molar-refractivity contribution is 0.303. The van der Waals surface area contributed by atoms with E-state index in [4.69, 9.17) is 10.5 Å². The molecule has 0 saturated carbocycles. The molecule has 0 aliphatic rings. The van der Waals surface area contributed by atoms with Crippen LogP contribution in [0.1, 0.15) is 41.1 Å². The molecule has 0 spiro atoms. The summed E-state index contributed by atoms with van der Waals surface area (Å²) in [7, 11) is 0. The van der Waals surface area contributed by atoms with Crippen molar-refractivity contribution in [3.8, 4) is 5.75 Å². The van der Waals surface area contributed by atoms with Gasteiger partial charge in [-0.15, -0.1) is 11.3 Å². The van der Waals surface area contributed by atoms with Crippen molar-refractivity contribution in [3.63, 3.8) is 0 Å². The smallest absolute Gasteiger partial charge is 0.126 e. The molecule has 1 aromatic carbocycles. The minimum absolute atomic E-state index is 0.197. The number of para-hydroxylation sites is 1. The van der Waals surface area contributed by atoms with Crippen molar-refractivity contribution >= 4 is 11.3 Å². The van der Waals surface area contributed by atoms with E-state index in [0.29, 0.717) is 6.61 Å². The van der Waals surface area contributed by atoms with Gasteiger partial charge in [-0.3, -0.25) is 0 Å². The molecule has 0 amide bonds. The van der Waals surface area contributed by atoms with E-state index in [1.54, 1.807) is 0 Å². The third-order valence-electron chi connectivity index (χ3n) is 3.72. The molecule has 0 saturated heterocycles. The van der Waals surface area contributed by atoms with Crippen molar-refractivity contribution in [2.75, 3.05) is 0 Å². The van der Waals surface area contributed by atoms with Crippen molar-refractivity contribution in [3.05, 3.63) is 51.2 Å². The highest BCUT2D eigenvalue weighted by atomic mass is 32.1. The van der Waals surface area contributed by atoms with Crippen molar-refractivity contribution in [1.29, 1.82) is 0 Å². The van der Waals surface area contributed by atoms with E-state index < -0.39 is 0 Å². The van der Waals surface area contributed by atoms with E-state index in [0.717, 1.165) is 25.0 Å². The van der Waals surface area contributed by atoms with E-state index in [1.807, 2.05) is 11.3 Å². The molecule has 21 heavy (non-hydrogen) atoms. The van der Waals surface area contributed by atoms with Crippen LogP contribution < -0.4 is 10.5 Å². The van der Waals surface area contributed by atoms with Crippen LogP contribution in [0, 0.1) is 6.92 Å². The Kier molecular flexibility index (Phi) is 5.83. The minimum atomic E-state index is 0.197. The number of hydrogen-bond acceptors (Lipinski definition) is 3. The average Bonchev–Trinajstić information content (AvgIpc) is 2.94. The van der Waals surface area contributed by atoms with Crippen LogP contribution in [0.2, 0.25) is 0 Å². The van der Waals surface area contributed by atoms with Crippen LogP contribution in [-0.2, 0) is 19.4 Å². The lowest BCUT2D eigenvalue weighted by atomic mass is 10.0. The molecule has 0 aliphatic heterocycles. The number of ether oxygens (including phenoxy) is 1. The first kappa shape index (κ1) is 16.1. The van der Waals surface area contributed by atoms with Gasteiger partial charge in [0.2, 0.25) is 0 Å². The fraction of sp³-hybridized carbons (Fsp3) is 0.444. The normalized spacial score (nSPS) is 12.4. The fourth-order valence-electron chi connectivity index (χ4n) is 2.34. The van der Waals surface area contributed by atoms with Crippen LogP contribution in [0.15, 0.2) is 30.3 Å². The Labute approximate surface area is 132 Å². The Morgan fingerprint density at radius 2 is 1.90 bits per heavy atom. The van der Waals surface area contributed by atoms with Gasteiger partial charge in [0, 0.05) is 15.8 Å². The SMILES string of the molecule is CCc1ccc(COc2c(C)cccc2CC(N)CC)s1. The molecule has 3 heteroatoms. The molecule has 114 valence electrons. The van der Waals surface area contributed by atoms with Crippen LogP contribution in [0.3, 0.4) is 0 Å². The van der Waals surface area contributed by atoms with Gasteiger partial charge in [-0.2, -0.15) is 0 Å². The standard InChI is InChI=1S/C18H25NOS/c1-4-15(19)11-14-8-6-7-13(3)18(14)20-12-17-10-9-16(5-2)21-17/h6-10,15H,4-5,11-12,19H2,1-3H3. The van der Waals surface area contributed by atoms with Crippen molar-refractivity contribution < 1.29 is 4.74 Å². The van der Waals surface area contributed by atoms with Gasteiger partial charge >= 0.3 is 0 Å². The summed E-state index contributed by atoms with van der Waals surface area (Å²) in [6, 6.07) is 10.9. The van der Waals surface area contributed by atoms with Gasteiger partial charge in [-0.1, -0.05) is 32.0 Å². The Morgan fingerprint density at radius 3 is 2.57 bits per heavy atom. The highest BCUT2D eigenvalue weighted by Crippen LogP contribution is 2.27. The van der Waals surface area contributed by atoms with Crippen LogP contribution in [0.4, 0.5) is 0 Å². The van der Waals surface area contributed by atoms with Gasteiger partial charge in [0.15, 0.2) is 0 Å². The second kappa shape index (κ2) is 7.62. The Hall–Kier alpha value is -1.32. The minimum Gasteiger partial charge on any atom is -0.488 e. The molecule has 0 radical (unpaired) electrons. The number of hydrogen-bond donors (Lipinski definition) is 1. The summed E-state index contributed by atoms with van der Waals surface area (Å²) in [5.41, 5.74) is 8.50. The summed E-state index contributed by atoms with van der Waals surface area (Å²) < 4.78 is 6.11. The number of rotatable bonds is 7. The third-order valence-corrected chi connectivity index (χ3v) is 4.93. The molecule has 2 aromatic rings. The lowest BCUT2D eigenvalue weighted by Crippen LogP contribution is -2.21. The summed E-state index contributed by atoms with van der Waals surface area (Å²) in [5, 5.41) is 0. The lowest BCUT2D eigenvalue weighted by Gasteiger charge is -2.16. The molecular formula is C18H25NOS. The first-order valence-corrected chi connectivity index (χ1v) is 8.50. The molecule has 2 nitrogen and oxygen atoms in total. The molecule has 1 unspecified atom stereocenters. The fourth-order valence-corrected chi connectivity index (χ4v) is 3.21. The molecule has 0 fully saturated rings. The Bertz CT molecular complexity index is 576. The zero-order valence-electron chi connectivity index (χ0n) is 13.2. The zero-order valence-corrected chi connectivity index (χ0v) is 14.0. The summed E-state index contributed by atoms with van der Waals surface area (Å²) in [4.78, 5) is 2.69. The number of aryl methyl sites for hydroxylation is 2. The van der Waals surface area contributed by atoms with E-state index in [1.165, 1.54) is 20.9 Å². The number of benzene rings is 1. The maximum Gasteiger partial charge on any atom is 0.126 e. The molecule has 2 rings (SSSR count). The van der Waals surface area contributed by atoms with E-state index >= 15 is 0 Å². The maximum atomic E-state index is 6.11. The summed E-state index contributed by atoms with van der Waals surface area (Å²) in [5.74, 6) is 1.01. The summed E-state index contributed by atoms with van der Waals surface area (Å²) in [6.45, 7) is 7.05. The van der Waals surface area contributed by atoms with Crippen molar-refractivity contribution in [1.82, 2.24) is 0 Å². The van der Waals surface area contributed by atoms with Gasteiger partial charge in [0.25, 0.3) is 0 Å². The second-order valence-corrected chi connectivity index (χ2v) is 6.70. The van der Waals surface area contributed by atoms with Crippen LogP contribution in [-0.4, -0.2) is 6.04 Å². The molecule has 1 atom stereocenters. The highest BCUT2D eigenvalue weighted by molar-refractivity contribution is 7.11. The van der Waals surface area contributed by atoms with Gasteiger partial charge in [-0.05, 0) is 49.4 Å². The molecule has 1 heterocycles. The number of thiophene rings is 1. The second-order valence-electron chi connectivity index (χ2n) is 5.45. The first-order valence-electron chi connectivity index (χ1n) is 7.68. The monoisotopic (exact) mass is 303 g/mol. The highest BCUT2D eigenvalue weighted by Gasteiger charge is 2.11. The Balaban J connectivity index is 2.10. The summed E-state index contributed by atoms with van der Waals surface area (Å²) in [6.07, 6.45) is 2.95. The van der Waals surface area contributed by atoms with E-state index in [-0.39, 0.29) is 6.04 Å². The Morgan fingerprint density at radius 1 is 1.14 bits per heavy atom. The van der Waals surface area contributed by atoms with Crippen molar-refractivity contribution in [2.24, 2.45) is 5.73 Å². The van der Waals surface area contributed by atoms with E-state index in [2.05, 4.69) is 51.1 Å². The van der Waals surface area contributed by atoms with Gasteiger partial charge in [0.05, 0.1) is 0 Å². The van der Waals surface area contributed by atoms with Gasteiger partial charge in [0.1, 0.15) is 12.4 Å². The van der Waals surface area contributed by atoms with Crippen molar-refractivity contribution in [2.45, 2.75) is 52.7 Å². The quantitative estimate of drug-likeness (QED) is 0.818. The molecular weight excluding hydrogens is 278 g/mol. The zero-order chi connectivity index (χ0) is 15.2. The van der Waals surface area contributed by atoms with Gasteiger partial charge in [-0.25, -0.2) is 0 Å². The third kappa shape index (κ3) is 4.32. The van der Waals surface area contributed by atoms with Crippen LogP contribution >= 0.6 is 11.3 Å². The largest absolute Gasteiger partial charge is 0.488 e. The molecule has 2 N–H and O–H groups in total. The summed E-state index contributed by atoms with van der Waals surface area (Å²) >= 11 is 1.83. The first-order chi connectivity index (χ1) is 10.1. The predicted molar refractivity (Wildman–Crippen MR) is 91.2 cm³/mol. The van der Waals surface area contributed by atoms with E-state index in [9.17, 15) is 0 Å². The number of nitrogens with two attached hydrogens (primary N) is 1. The predicted octanol–water partition coefficient (Wildman–Crippen LogP) is 4.48. The molecule has 0 bridgehead atoms. The van der Waals surface area contributed by atoms with Crippen LogP contribution in [0.25, 0.3) is 0 Å². The van der Waals surface area contributed by atoms with Crippen LogP contribution in [0.5, 0.6) is 5.75 Å².